The van der Waals surface area contributed by atoms with Crippen LogP contribution >= 0.6 is 11.6 Å². The molecule has 2 aliphatic carbocycles. The Morgan fingerprint density at radius 3 is 2.30 bits per heavy atom. The summed E-state index contributed by atoms with van der Waals surface area (Å²) in [4.78, 5) is 35.8. The summed E-state index contributed by atoms with van der Waals surface area (Å²) in [6, 6.07) is 17.9. The molecule has 0 spiro atoms. The molecule has 0 bridgehead atoms. The maximum atomic E-state index is 14.3. The van der Waals surface area contributed by atoms with E-state index >= 15 is 0 Å². The molecule has 9 heteroatoms. The van der Waals surface area contributed by atoms with Crippen LogP contribution in [0.1, 0.15) is 81.8 Å². The maximum absolute atomic E-state index is 14.3. The number of benzene rings is 2. The molecule has 2 aromatic carbocycles. The SMILES string of the molecule is CN(Cc1ccccc1)C(=O)[C@H]1CC[C@@H](N[C@H](Cc2ccc(Cl)cc2)C(=O)N2CCC(Cn3cncn3)(C3CCCCC3)CC2)CC1. The highest BCUT2D eigenvalue weighted by atomic mass is 35.5. The van der Waals surface area contributed by atoms with Crippen LogP contribution in [0.25, 0.3) is 0 Å². The second-order valence-corrected chi connectivity index (χ2v) is 14.8. The van der Waals surface area contributed by atoms with Gasteiger partial charge in [0, 0.05) is 50.2 Å². The average Bonchev–Trinajstić information content (AvgIpc) is 3.62. The summed E-state index contributed by atoms with van der Waals surface area (Å²) in [5.74, 6) is 1.12. The second-order valence-electron chi connectivity index (χ2n) is 14.4. The first-order chi connectivity index (χ1) is 22.9. The van der Waals surface area contributed by atoms with Gasteiger partial charge in [-0.3, -0.25) is 14.3 Å². The molecular weight excluding hydrogens is 608 g/mol. The molecule has 8 nitrogen and oxygen atoms in total. The Bertz CT molecular complexity index is 1410. The van der Waals surface area contributed by atoms with Gasteiger partial charge in [-0.2, -0.15) is 5.10 Å². The lowest BCUT2D eigenvalue weighted by Crippen LogP contribution is -2.55. The number of hydrogen-bond donors (Lipinski definition) is 1. The van der Waals surface area contributed by atoms with E-state index in [0.29, 0.717) is 23.9 Å². The van der Waals surface area contributed by atoms with Crippen LogP contribution in [0.4, 0.5) is 0 Å². The molecule has 252 valence electrons. The minimum Gasteiger partial charge on any atom is -0.341 e. The third-order valence-corrected chi connectivity index (χ3v) is 11.5. The first-order valence-corrected chi connectivity index (χ1v) is 18.2. The molecule has 3 fully saturated rings. The Labute approximate surface area is 285 Å². The van der Waals surface area contributed by atoms with E-state index < -0.39 is 0 Å². The van der Waals surface area contributed by atoms with Crippen molar-refractivity contribution in [3.63, 3.8) is 0 Å². The van der Waals surface area contributed by atoms with Gasteiger partial charge in [0.2, 0.25) is 11.8 Å². The summed E-state index contributed by atoms with van der Waals surface area (Å²) in [5.41, 5.74) is 2.41. The van der Waals surface area contributed by atoms with Gasteiger partial charge in [-0.05, 0) is 92.4 Å². The molecule has 2 saturated carbocycles. The van der Waals surface area contributed by atoms with Crippen LogP contribution in [0, 0.1) is 17.3 Å². The van der Waals surface area contributed by atoms with E-state index in [1.54, 1.807) is 6.33 Å². The van der Waals surface area contributed by atoms with Gasteiger partial charge < -0.3 is 15.1 Å². The van der Waals surface area contributed by atoms with Crippen molar-refractivity contribution in [3.05, 3.63) is 83.4 Å². The molecule has 6 rings (SSSR count). The van der Waals surface area contributed by atoms with Crippen LogP contribution < -0.4 is 5.32 Å². The molecule has 0 unspecified atom stereocenters. The molecule has 1 aliphatic heterocycles. The Kier molecular flexibility index (Phi) is 11.3. The normalized spacial score (nSPS) is 22.5. The van der Waals surface area contributed by atoms with Crippen molar-refractivity contribution in [1.29, 1.82) is 0 Å². The van der Waals surface area contributed by atoms with Crippen LogP contribution in [-0.2, 0) is 29.1 Å². The topological polar surface area (TPSA) is 83.4 Å². The van der Waals surface area contributed by atoms with Crippen molar-refractivity contribution in [3.8, 4) is 0 Å². The Hall–Kier alpha value is -3.23. The fourth-order valence-electron chi connectivity index (χ4n) is 8.55. The summed E-state index contributed by atoms with van der Waals surface area (Å²) >= 11 is 6.20. The van der Waals surface area contributed by atoms with Crippen molar-refractivity contribution in [2.24, 2.45) is 17.3 Å². The van der Waals surface area contributed by atoms with E-state index in [1.807, 2.05) is 65.4 Å². The Morgan fingerprint density at radius 2 is 1.64 bits per heavy atom. The van der Waals surface area contributed by atoms with E-state index in [9.17, 15) is 9.59 Å². The standard InChI is InChI=1S/C38H51ClN6O2/c1-43(25-30-8-4-2-5-9-30)36(46)31-14-18-34(19-15-31)42-35(24-29-12-16-33(39)17-13-29)37(47)44-22-20-38(21-23-44,26-45-28-40-27-41-45)32-10-6-3-7-11-32/h2,4-5,8-9,12-13,16-17,27-28,31-32,34-35,42H,3,6-7,10-11,14-15,18-26H2,1H3/t31-,34+,35-/m1/s1. The smallest absolute Gasteiger partial charge is 0.240 e. The largest absolute Gasteiger partial charge is 0.341 e. The van der Waals surface area contributed by atoms with Crippen molar-refractivity contribution in [2.45, 2.75) is 102 Å². The second kappa shape index (κ2) is 15.8. The fourth-order valence-corrected chi connectivity index (χ4v) is 8.68. The van der Waals surface area contributed by atoms with Crippen LogP contribution in [-0.4, -0.2) is 68.6 Å². The molecule has 1 saturated heterocycles. The number of amides is 2. The number of rotatable bonds is 11. The first-order valence-electron chi connectivity index (χ1n) is 17.8. The van der Waals surface area contributed by atoms with Crippen LogP contribution in [0.15, 0.2) is 67.3 Å². The fraction of sp³-hybridized carbons (Fsp3) is 0.579. The minimum atomic E-state index is -0.313. The molecule has 47 heavy (non-hydrogen) atoms. The van der Waals surface area contributed by atoms with Gasteiger partial charge in [0.05, 0.1) is 6.04 Å². The number of halogens is 1. The van der Waals surface area contributed by atoms with Crippen LogP contribution in [0.2, 0.25) is 5.02 Å². The number of carbonyl (C=O) groups is 2. The van der Waals surface area contributed by atoms with E-state index in [4.69, 9.17) is 11.6 Å². The zero-order chi connectivity index (χ0) is 32.6. The molecule has 1 aromatic heterocycles. The van der Waals surface area contributed by atoms with Gasteiger partial charge in [-0.25, -0.2) is 4.98 Å². The number of nitrogens with one attached hydrogen (secondary N) is 1. The molecule has 0 radical (unpaired) electrons. The van der Waals surface area contributed by atoms with Gasteiger partial charge in [-0.15, -0.1) is 0 Å². The van der Waals surface area contributed by atoms with Gasteiger partial charge >= 0.3 is 0 Å². The molecule has 1 N–H and O–H groups in total. The monoisotopic (exact) mass is 658 g/mol. The van der Waals surface area contributed by atoms with Crippen molar-refractivity contribution >= 4 is 23.4 Å². The predicted molar refractivity (Wildman–Crippen MR) is 186 cm³/mol. The van der Waals surface area contributed by atoms with Gasteiger partial charge in [0.25, 0.3) is 0 Å². The van der Waals surface area contributed by atoms with Crippen molar-refractivity contribution in [2.75, 3.05) is 20.1 Å². The molecule has 3 aliphatic rings. The quantitative estimate of drug-likeness (QED) is 0.253. The Morgan fingerprint density at radius 1 is 0.936 bits per heavy atom. The summed E-state index contributed by atoms with van der Waals surface area (Å²) < 4.78 is 2.01. The zero-order valence-corrected chi connectivity index (χ0v) is 28.7. The number of piperidine rings is 1. The third-order valence-electron chi connectivity index (χ3n) is 11.3. The van der Waals surface area contributed by atoms with Crippen molar-refractivity contribution in [1.82, 2.24) is 29.9 Å². The number of carbonyl (C=O) groups excluding carboxylic acids is 2. The number of aromatic nitrogens is 3. The zero-order valence-electron chi connectivity index (χ0n) is 27.9. The number of hydrogen-bond acceptors (Lipinski definition) is 5. The summed E-state index contributed by atoms with van der Waals surface area (Å²) in [6.07, 6.45) is 16.1. The molecule has 2 heterocycles. The van der Waals surface area contributed by atoms with Crippen molar-refractivity contribution < 1.29 is 9.59 Å². The Balaban J connectivity index is 1.09. The molecule has 1 atom stereocenters. The van der Waals surface area contributed by atoms with Gasteiger partial charge in [0.15, 0.2) is 0 Å². The molecular formula is C38H51ClN6O2. The maximum Gasteiger partial charge on any atom is 0.240 e. The van der Waals surface area contributed by atoms with E-state index in [-0.39, 0.29) is 35.2 Å². The highest BCUT2D eigenvalue weighted by Gasteiger charge is 2.44. The van der Waals surface area contributed by atoms with E-state index in [0.717, 1.165) is 69.3 Å². The number of likely N-dealkylation sites (tertiary alicyclic amines) is 1. The predicted octanol–water partition coefficient (Wildman–Crippen LogP) is 6.54. The highest BCUT2D eigenvalue weighted by molar-refractivity contribution is 6.30. The molecule has 3 aromatic rings. The molecule has 2 amide bonds. The van der Waals surface area contributed by atoms with Crippen LogP contribution in [0.3, 0.4) is 0 Å². The van der Waals surface area contributed by atoms with E-state index in [2.05, 4.69) is 32.4 Å². The summed E-state index contributed by atoms with van der Waals surface area (Å²) in [6.45, 7) is 3.07. The average molecular weight is 659 g/mol. The minimum absolute atomic E-state index is 0.0344. The van der Waals surface area contributed by atoms with Crippen LogP contribution in [0.5, 0.6) is 0 Å². The lowest BCUT2D eigenvalue weighted by molar-refractivity contribution is -0.138. The number of nitrogens with zero attached hydrogens (tertiary/aromatic N) is 5. The third kappa shape index (κ3) is 8.63. The lowest BCUT2D eigenvalue weighted by atomic mass is 9.63. The summed E-state index contributed by atoms with van der Waals surface area (Å²) in [7, 11) is 1.91. The van der Waals surface area contributed by atoms with Gasteiger partial charge in [0.1, 0.15) is 12.7 Å². The summed E-state index contributed by atoms with van der Waals surface area (Å²) in [5, 5.41) is 8.97. The van der Waals surface area contributed by atoms with Gasteiger partial charge in [-0.1, -0.05) is 73.3 Å². The highest BCUT2D eigenvalue weighted by Crippen LogP contribution is 2.47. The first kappa shape index (κ1) is 33.7. The lowest BCUT2D eigenvalue weighted by Gasteiger charge is -2.48. The van der Waals surface area contributed by atoms with E-state index in [1.165, 1.54) is 32.1 Å².